The van der Waals surface area contributed by atoms with Crippen molar-refractivity contribution in [3.05, 3.63) is 30.0 Å². The first-order valence-corrected chi connectivity index (χ1v) is 8.95. The monoisotopic (exact) mass is 364 g/mol. The minimum atomic E-state index is -0.392. The van der Waals surface area contributed by atoms with Gasteiger partial charge in [-0.15, -0.1) is 0 Å². The third-order valence-electron chi connectivity index (χ3n) is 3.80. The summed E-state index contributed by atoms with van der Waals surface area (Å²) in [7, 11) is 0. The van der Waals surface area contributed by atoms with E-state index in [9.17, 15) is 9.18 Å². The molecule has 0 aliphatic carbocycles. The second-order valence-corrected chi connectivity index (χ2v) is 5.93. The molecule has 2 aromatic heterocycles. The Morgan fingerprint density at radius 3 is 2.65 bits per heavy atom. The number of carbonyl (C=O) groups is 1. The molecule has 0 aromatic carbocycles. The van der Waals surface area contributed by atoms with E-state index in [-0.39, 0.29) is 5.97 Å². The van der Waals surface area contributed by atoms with Crippen LogP contribution in [0.4, 0.5) is 16.2 Å². The van der Waals surface area contributed by atoms with Crippen LogP contribution in [-0.2, 0) is 9.53 Å². The highest BCUT2D eigenvalue weighted by molar-refractivity contribution is 5.69. The van der Waals surface area contributed by atoms with Gasteiger partial charge in [-0.05, 0) is 38.8 Å². The van der Waals surface area contributed by atoms with Crippen LogP contribution in [0.25, 0.3) is 0 Å². The van der Waals surface area contributed by atoms with Crippen molar-refractivity contribution in [2.45, 2.75) is 52.4 Å². The van der Waals surface area contributed by atoms with Crippen LogP contribution in [-0.4, -0.2) is 34.2 Å². The SMILES string of the molecule is CCOC(=O)CCCCCCCN(c1ccc(F)cn1)c1nc(C)no1. The van der Waals surface area contributed by atoms with Gasteiger partial charge in [0.25, 0.3) is 0 Å². The summed E-state index contributed by atoms with van der Waals surface area (Å²) in [6.45, 7) is 4.62. The normalized spacial score (nSPS) is 10.7. The zero-order valence-corrected chi connectivity index (χ0v) is 15.3. The topological polar surface area (TPSA) is 81.4 Å². The molecule has 0 spiro atoms. The fourth-order valence-corrected chi connectivity index (χ4v) is 2.53. The van der Waals surface area contributed by atoms with Crippen molar-refractivity contribution in [2.75, 3.05) is 18.1 Å². The summed E-state index contributed by atoms with van der Waals surface area (Å²) in [5.74, 6) is 0.577. The summed E-state index contributed by atoms with van der Waals surface area (Å²) < 4.78 is 23.3. The third-order valence-corrected chi connectivity index (χ3v) is 3.80. The number of carbonyl (C=O) groups excluding carboxylic acids is 1. The zero-order valence-electron chi connectivity index (χ0n) is 15.3. The number of hydrogen-bond acceptors (Lipinski definition) is 7. The van der Waals surface area contributed by atoms with Crippen molar-refractivity contribution in [1.29, 1.82) is 0 Å². The Kier molecular flexibility index (Phi) is 7.98. The minimum Gasteiger partial charge on any atom is -0.466 e. The van der Waals surface area contributed by atoms with Crippen LogP contribution in [0.5, 0.6) is 0 Å². The smallest absolute Gasteiger partial charge is 0.329 e. The predicted molar refractivity (Wildman–Crippen MR) is 94.6 cm³/mol. The Balaban J connectivity index is 1.79. The first-order valence-electron chi connectivity index (χ1n) is 8.95. The lowest BCUT2D eigenvalue weighted by atomic mass is 10.1. The number of aromatic nitrogens is 3. The average Bonchev–Trinajstić information content (AvgIpc) is 3.05. The Morgan fingerprint density at radius 1 is 1.23 bits per heavy atom. The number of pyridine rings is 1. The number of rotatable bonds is 11. The molecule has 0 unspecified atom stereocenters. The molecule has 0 bridgehead atoms. The van der Waals surface area contributed by atoms with Crippen molar-refractivity contribution in [1.82, 2.24) is 15.1 Å². The maximum atomic E-state index is 13.1. The molecule has 0 fully saturated rings. The van der Waals surface area contributed by atoms with Crippen LogP contribution in [0, 0.1) is 12.7 Å². The molecule has 0 saturated carbocycles. The number of hydrogen-bond donors (Lipinski definition) is 0. The van der Waals surface area contributed by atoms with Crippen LogP contribution in [0.2, 0.25) is 0 Å². The standard InChI is InChI=1S/C18H25FN4O3/c1-3-25-17(24)9-7-5-4-6-8-12-23(18-21-14(2)22-26-18)16-11-10-15(19)13-20-16/h10-11,13H,3-9,12H2,1-2H3. The van der Waals surface area contributed by atoms with Crippen molar-refractivity contribution >= 4 is 17.8 Å². The van der Waals surface area contributed by atoms with Gasteiger partial charge in [0.05, 0.1) is 12.8 Å². The molecule has 2 aromatic rings. The largest absolute Gasteiger partial charge is 0.466 e. The fraction of sp³-hybridized carbons (Fsp3) is 0.556. The lowest BCUT2D eigenvalue weighted by molar-refractivity contribution is -0.143. The van der Waals surface area contributed by atoms with Crippen molar-refractivity contribution in [2.24, 2.45) is 0 Å². The third kappa shape index (κ3) is 6.42. The van der Waals surface area contributed by atoms with Gasteiger partial charge in [0.15, 0.2) is 5.82 Å². The van der Waals surface area contributed by atoms with E-state index in [2.05, 4.69) is 15.1 Å². The molecule has 0 amide bonds. The minimum absolute atomic E-state index is 0.132. The molecule has 0 aliphatic rings. The zero-order chi connectivity index (χ0) is 18.8. The van der Waals surface area contributed by atoms with Gasteiger partial charge >= 0.3 is 12.0 Å². The van der Waals surface area contributed by atoms with E-state index in [0.29, 0.717) is 37.2 Å². The quantitative estimate of drug-likeness (QED) is 0.441. The second kappa shape index (κ2) is 10.5. The number of aryl methyl sites for hydroxylation is 1. The number of unbranched alkanes of at least 4 members (excludes halogenated alkanes) is 4. The van der Waals surface area contributed by atoms with Crippen LogP contribution < -0.4 is 4.90 Å². The van der Waals surface area contributed by atoms with Gasteiger partial charge in [0.2, 0.25) is 0 Å². The van der Waals surface area contributed by atoms with Crippen LogP contribution in [0.1, 0.15) is 51.3 Å². The van der Waals surface area contributed by atoms with E-state index in [1.54, 1.807) is 17.9 Å². The van der Waals surface area contributed by atoms with E-state index in [4.69, 9.17) is 9.26 Å². The highest BCUT2D eigenvalue weighted by Crippen LogP contribution is 2.22. The van der Waals surface area contributed by atoms with Crippen molar-refractivity contribution in [3.63, 3.8) is 0 Å². The Labute approximate surface area is 152 Å². The number of nitrogens with zero attached hydrogens (tertiary/aromatic N) is 4. The first-order chi connectivity index (χ1) is 12.6. The van der Waals surface area contributed by atoms with Crippen molar-refractivity contribution < 1.29 is 18.4 Å². The summed E-state index contributed by atoms with van der Waals surface area (Å²) in [6, 6.07) is 3.30. The summed E-state index contributed by atoms with van der Waals surface area (Å²) in [5, 5.41) is 3.81. The van der Waals surface area contributed by atoms with E-state index >= 15 is 0 Å². The highest BCUT2D eigenvalue weighted by Gasteiger charge is 2.16. The number of anilines is 2. The van der Waals surface area contributed by atoms with E-state index < -0.39 is 5.82 Å². The number of halogens is 1. The predicted octanol–water partition coefficient (Wildman–Crippen LogP) is 3.95. The number of ether oxygens (including phenoxy) is 1. The maximum absolute atomic E-state index is 13.1. The Hall–Kier alpha value is -2.51. The second-order valence-electron chi connectivity index (χ2n) is 5.93. The highest BCUT2D eigenvalue weighted by atomic mass is 19.1. The summed E-state index contributed by atoms with van der Waals surface area (Å²) in [6.07, 6.45) is 6.36. The van der Waals surface area contributed by atoms with Gasteiger partial charge in [-0.25, -0.2) is 9.37 Å². The maximum Gasteiger partial charge on any atom is 0.329 e. The van der Waals surface area contributed by atoms with Gasteiger partial charge < -0.3 is 9.26 Å². The van der Waals surface area contributed by atoms with Gasteiger partial charge in [-0.1, -0.05) is 24.4 Å². The fourth-order valence-electron chi connectivity index (χ4n) is 2.53. The van der Waals surface area contributed by atoms with Crippen LogP contribution in [0.3, 0.4) is 0 Å². The van der Waals surface area contributed by atoms with Gasteiger partial charge in [0.1, 0.15) is 11.6 Å². The number of esters is 1. The molecular weight excluding hydrogens is 339 g/mol. The van der Waals surface area contributed by atoms with Gasteiger partial charge in [0, 0.05) is 13.0 Å². The van der Waals surface area contributed by atoms with Gasteiger partial charge in [-0.2, -0.15) is 4.98 Å². The molecule has 0 atom stereocenters. The summed E-state index contributed by atoms with van der Waals surface area (Å²) in [4.78, 5) is 21.4. The molecule has 26 heavy (non-hydrogen) atoms. The van der Waals surface area contributed by atoms with Crippen LogP contribution in [0.15, 0.2) is 22.9 Å². The summed E-state index contributed by atoms with van der Waals surface area (Å²) >= 11 is 0. The Bertz CT molecular complexity index is 675. The molecule has 142 valence electrons. The Morgan fingerprint density at radius 2 is 2.00 bits per heavy atom. The molecule has 0 saturated heterocycles. The van der Waals surface area contributed by atoms with E-state index in [0.717, 1.165) is 32.1 Å². The molecule has 7 nitrogen and oxygen atoms in total. The lowest BCUT2D eigenvalue weighted by Crippen LogP contribution is -2.20. The van der Waals surface area contributed by atoms with Crippen molar-refractivity contribution in [3.8, 4) is 0 Å². The van der Waals surface area contributed by atoms with Crippen LogP contribution >= 0.6 is 0 Å². The van der Waals surface area contributed by atoms with Gasteiger partial charge in [-0.3, -0.25) is 9.69 Å². The molecular formula is C18H25FN4O3. The molecule has 0 N–H and O–H groups in total. The summed E-state index contributed by atoms with van der Waals surface area (Å²) in [5.41, 5.74) is 0. The molecule has 2 heterocycles. The first kappa shape index (κ1) is 19.8. The van der Waals surface area contributed by atoms with E-state index in [1.807, 2.05) is 6.92 Å². The molecule has 0 radical (unpaired) electrons. The molecule has 0 aliphatic heterocycles. The lowest BCUT2D eigenvalue weighted by Gasteiger charge is -2.18. The average molecular weight is 364 g/mol. The molecule has 2 rings (SSSR count). The van der Waals surface area contributed by atoms with E-state index in [1.165, 1.54) is 12.3 Å². The molecule has 8 heteroatoms.